The Hall–Kier alpha value is -0.160. The quantitative estimate of drug-likeness (QED) is 0.836. The monoisotopic (exact) mass is 270 g/mol. The van der Waals surface area contributed by atoms with Crippen molar-refractivity contribution in [2.24, 2.45) is 0 Å². The highest BCUT2D eigenvalue weighted by molar-refractivity contribution is 4.79. The molecule has 2 saturated heterocycles. The van der Waals surface area contributed by atoms with E-state index in [1.807, 2.05) is 0 Å². The third-order valence-corrected chi connectivity index (χ3v) is 4.35. The highest BCUT2D eigenvalue weighted by Crippen LogP contribution is 2.17. The summed E-state index contributed by atoms with van der Waals surface area (Å²) >= 11 is 0. The lowest BCUT2D eigenvalue weighted by Gasteiger charge is -2.38. The second-order valence-electron chi connectivity index (χ2n) is 6.47. The van der Waals surface area contributed by atoms with Crippen LogP contribution in [-0.2, 0) is 4.74 Å². The number of aliphatic hydroxyl groups is 1. The third-order valence-electron chi connectivity index (χ3n) is 4.35. The number of likely N-dealkylation sites (tertiary alicyclic amines) is 1. The van der Waals surface area contributed by atoms with Crippen molar-refractivity contribution >= 4 is 0 Å². The van der Waals surface area contributed by atoms with Crippen molar-refractivity contribution in [1.29, 1.82) is 0 Å². The van der Waals surface area contributed by atoms with Gasteiger partial charge in [-0.25, -0.2) is 0 Å². The maximum absolute atomic E-state index is 10.3. The van der Waals surface area contributed by atoms with E-state index in [2.05, 4.69) is 30.6 Å². The molecule has 2 rings (SSSR count). The zero-order valence-corrected chi connectivity index (χ0v) is 12.7. The van der Waals surface area contributed by atoms with Crippen LogP contribution in [0.5, 0.6) is 0 Å². The van der Waals surface area contributed by atoms with Crippen molar-refractivity contribution in [3.05, 3.63) is 0 Å². The lowest BCUT2D eigenvalue weighted by atomic mass is 10.0. The predicted octanol–water partition coefficient (Wildman–Crippen LogP) is 1.33. The summed E-state index contributed by atoms with van der Waals surface area (Å²) in [6, 6.07) is 0.630. The van der Waals surface area contributed by atoms with Gasteiger partial charge in [-0.05, 0) is 40.2 Å². The molecule has 0 bridgehead atoms. The van der Waals surface area contributed by atoms with Gasteiger partial charge in [0.2, 0.25) is 0 Å². The average Bonchev–Trinajstić information content (AvgIpc) is 2.30. The summed E-state index contributed by atoms with van der Waals surface area (Å²) in [5.74, 6) is 0. The minimum Gasteiger partial charge on any atom is -0.390 e. The van der Waals surface area contributed by atoms with Gasteiger partial charge in [0.25, 0.3) is 0 Å². The van der Waals surface area contributed by atoms with Crippen LogP contribution in [0.2, 0.25) is 0 Å². The van der Waals surface area contributed by atoms with Crippen molar-refractivity contribution in [1.82, 2.24) is 9.80 Å². The average molecular weight is 270 g/mol. The molecule has 0 aliphatic carbocycles. The van der Waals surface area contributed by atoms with Gasteiger partial charge >= 0.3 is 0 Å². The Kier molecular flexibility index (Phi) is 5.63. The van der Waals surface area contributed by atoms with Crippen LogP contribution in [0.25, 0.3) is 0 Å². The van der Waals surface area contributed by atoms with Gasteiger partial charge < -0.3 is 9.84 Å². The van der Waals surface area contributed by atoms with E-state index in [-0.39, 0.29) is 18.3 Å². The largest absolute Gasteiger partial charge is 0.390 e. The summed E-state index contributed by atoms with van der Waals surface area (Å²) in [5, 5.41) is 10.3. The molecule has 2 aliphatic rings. The molecule has 4 unspecified atom stereocenters. The van der Waals surface area contributed by atoms with Gasteiger partial charge in [-0.3, -0.25) is 9.80 Å². The molecule has 2 heterocycles. The molecule has 2 aliphatic heterocycles. The van der Waals surface area contributed by atoms with E-state index >= 15 is 0 Å². The Bertz CT molecular complexity index is 265. The number of β-amino-alcohol motifs (C(OH)–C–C–N with tert-alkyl or cyclic N) is 1. The van der Waals surface area contributed by atoms with Crippen LogP contribution in [0.1, 0.15) is 40.0 Å². The summed E-state index contributed by atoms with van der Waals surface area (Å²) in [6.07, 6.45) is 4.22. The smallest absolute Gasteiger partial charge is 0.0793 e. The molecule has 0 radical (unpaired) electrons. The molecule has 112 valence electrons. The highest BCUT2D eigenvalue weighted by atomic mass is 16.5. The van der Waals surface area contributed by atoms with Crippen LogP contribution < -0.4 is 0 Å². The minimum absolute atomic E-state index is 0.238. The first kappa shape index (κ1) is 15.2. The Morgan fingerprint density at radius 2 is 1.79 bits per heavy atom. The van der Waals surface area contributed by atoms with Crippen molar-refractivity contribution in [3.63, 3.8) is 0 Å². The molecule has 19 heavy (non-hydrogen) atoms. The number of rotatable bonds is 4. The molecule has 0 spiro atoms. The number of nitrogens with zero attached hydrogens (tertiary/aromatic N) is 2. The van der Waals surface area contributed by atoms with Gasteiger partial charge in [-0.1, -0.05) is 6.42 Å². The molecular formula is C15H30N2O2. The molecule has 4 nitrogen and oxygen atoms in total. The fraction of sp³-hybridized carbons (Fsp3) is 1.00. The molecule has 0 amide bonds. The molecular weight excluding hydrogens is 240 g/mol. The van der Waals surface area contributed by atoms with E-state index in [0.29, 0.717) is 6.04 Å². The predicted molar refractivity (Wildman–Crippen MR) is 77.3 cm³/mol. The molecule has 4 atom stereocenters. The van der Waals surface area contributed by atoms with Crippen LogP contribution in [0.15, 0.2) is 0 Å². The fourth-order valence-corrected chi connectivity index (χ4v) is 3.49. The van der Waals surface area contributed by atoms with E-state index in [1.165, 1.54) is 19.3 Å². The van der Waals surface area contributed by atoms with E-state index in [0.717, 1.165) is 32.7 Å². The van der Waals surface area contributed by atoms with Crippen molar-refractivity contribution in [2.75, 3.05) is 32.7 Å². The summed E-state index contributed by atoms with van der Waals surface area (Å²) in [4.78, 5) is 4.79. The number of aliphatic hydroxyl groups excluding tert-OH is 1. The molecule has 0 aromatic carbocycles. The summed E-state index contributed by atoms with van der Waals surface area (Å²) in [7, 11) is 0. The van der Waals surface area contributed by atoms with E-state index in [4.69, 9.17) is 4.74 Å². The number of piperidine rings is 1. The Morgan fingerprint density at radius 1 is 1.11 bits per heavy atom. The number of hydrogen-bond donors (Lipinski definition) is 1. The first-order chi connectivity index (χ1) is 9.04. The second kappa shape index (κ2) is 7.02. The molecule has 1 N–H and O–H groups in total. The van der Waals surface area contributed by atoms with Crippen LogP contribution in [0, 0.1) is 0 Å². The normalized spacial score (nSPS) is 36.3. The molecule has 4 heteroatoms. The molecule has 0 saturated carbocycles. The molecule has 0 aromatic heterocycles. The van der Waals surface area contributed by atoms with E-state index in [9.17, 15) is 5.11 Å². The lowest BCUT2D eigenvalue weighted by Crippen LogP contribution is -2.51. The SMILES string of the molecule is CC1CN(CC(O)CN2CCCCC2C)CC(C)O1. The first-order valence-electron chi connectivity index (χ1n) is 7.84. The Labute approximate surface area is 117 Å². The summed E-state index contributed by atoms with van der Waals surface area (Å²) in [5.41, 5.74) is 0. The Morgan fingerprint density at radius 3 is 2.42 bits per heavy atom. The van der Waals surface area contributed by atoms with Gasteiger partial charge in [-0.2, -0.15) is 0 Å². The lowest BCUT2D eigenvalue weighted by molar-refractivity contribution is -0.0789. The number of hydrogen-bond acceptors (Lipinski definition) is 4. The van der Waals surface area contributed by atoms with E-state index < -0.39 is 0 Å². The van der Waals surface area contributed by atoms with Crippen LogP contribution in [0.4, 0.5) is 0 Å². The standard InChI is InChI=1S/C15H30N2O2/c1-12-6-4-5-7-17(12)11-15(18)10-16-8-13(2)19-14(3)9-16/h12-15,18H,4-11H2,1-3H3. The summed E-state index contributed by atoms with van der Waals surface area (Å²) < 4.78 is 5.73. The van der Waals surface area contributed by atoms with Gasteiger partial charge in [0.1, 0.15) is 0 Å². The Balaban J connectivity index is 1.75. The third kappa shape index (κ3) is 4.71. The first-order valence-corrected chi connectivity index (χ1v) is 7.84. The van der Waals surface area contributed by atoms with E-state index in [1.54, 1.807) is 0 Å². The van der Waals surface area contributed by atoms with Crippen molar-refractivity contribution in [2.45, 2.75) is 64.4 Å². The molecule has 0 aromatic rings. The highest BCUT2D eigenvalue weighted by Gasteiger charge is 2.26. The maximum atomic E-state index is 10.3. The van der Waals surface area contributed by atoms with Gasteiger partial charge in [0.15, 0.2) is 0 Å². The van der Waals surface area contributed by atoms with Gasteiger partial charge in [0, 0.05) is 32.2 Å². The second-order valence-corrected chi connectivity index (χ2v) is 6.47. The number of ether oxygens (including phenoxy) is 1. The topological polar surface area (TPSA) is 35.9 Å². The zero-order valence-electron chi connectivity index (χ0n) is 12.7. The fourth-order valence-electron chi connectivity index (χ4n) is 3.49. The van der Waals surface area contributed by atoms with Crippen LogP contribution in [-0.4, -0.2) is 72.0 Å². The van der Waals surface area contributed by atoms with Gasteiger partial charge in [-0.15, -0.1) is 0 Å². The minimum atomic E-state index is -0.238. The number of morpholine rings is 1. The van der Waals surface area contributed by atoms with Crippen LogP contribution >= 0.6 is 0 Å². The van der Waals surface area contributed by atoms with Crippen molar-refractivity contribution < 1.29 is 9.84 Å². The zero-order chi connectivity index (χ0) is 13.8. The summed E-state index contributed by atoms with van der Waals surface area (Å²) in [6.45, 7) is 11.1. The van der Waals surface area contributed by atoms with Gasteiger partial charge in [0.05, 0.1) is 18.3 Å². The van der Waals surface area contributed by atoms with Crippen molar-refractivity contribution in [3.8, 4) is 0 Å². The van der Waals surface area contributed by atoms with Crippen LogP contribution in [0.3, 0.4) is 0 Å². The molecule has 2 fully saturated rings. The maximum Gasteiger partial charge on any atom is 0.0793 e.